The van der Waals surface area contributed by atoms with E-state index >= 15 is 0 Å². The Labute approximate surface area is 92.1 Å². The van der Waals surface area contributed by atoms with Crippen LogP contribution < -0.4 is 5.73 Å². The van der Waals surface area contributed by atoms with Crippen LogP contribution in [0.1, 0.15) is 5.56 Å². The second-order valence-corrected chi connectivity index (χ2v) is 4.24. The minimum absolute atomic E-state index is 0.704. The van der Waals surface area contributed by atoms with Crippen LogP contribution >= 0.6 is 15.9 Å². The largest absolute Gasteiger partial charge is 0.330 e. The van der Waals surface area contributed by atoms with E-state index < -0.39 is 0 Å². The molecule has 0 amide bonds. The molecule has 0 aliphatic heterocycles. The molecule has 0 aliphatic carbocycles. The van der Waals surface area contributed by atoms with Crippen LogP contribution in [0.5, 0.6) is 0 Å². The molecule has 0 atom stereocenters. The molecule has 72 valence electrons. The number of nitrogens with two attached hydrogens (primary N) is 1. The maximum atomic E-state index is 5.57. The number of fused-ring (bicyclic) bond motifs is 1. The molecule has 0 spiro atoms. The van der Waals surface area contributed by atoms with Gasteiger partial charge in [-0.2, -0.15) is 0 Å². The molecule has 1 nitrogen and oxygen atoms in total. The van der Waals surface area contributed by atoms with Crippen LogP contribution in [0.15, 0.2) is 40.9 Å². The van der Waals surface area contributed by atoms with Gasteiger partial charge in [0.1, 0.15) is 0 Å². The molecule has 2 aromatic carbocycles. The van der Waals surface area contributed by atoms with E-state index in [4.69, 9.17) is 5.73 Å². The summed E-state index contributed by atoms with van der Waals surface area (Å²) in [7, 11) is 0. The normalized spacial score (nSPS) is 10.7. The SMILES string of the molecule is NCCc1cccc2cc(Br)ccc12. The van der Waals surface area contributed by atoms with Crippen molar-refractivity contribution >= 4 is 26.7 Å². The number of hydrogen-bond donors (Lipinski definition) is 1. The van der Waals surface area contributed by atoms with Gasteiger partial charge < -0.3 is 5.73 Å². The highest BCUT2D eigenvalue weighted by molar-refractivity contribution is 9.10. The minimum atomic E-state index is 0.704. The van der Waals surface area contributed by atoms with Gasteiger partial charge in [-0.05, 0) is 41.4 Å². The van der Waals surface area contributed by atoms with Crippen LogP contribution in [0.2, 0.25) is 0 Å². The van der Waals surface area contributed by atoms with Crippen molar-refractivity contribution in [2.45, 2.75) is 6.42 Å². The van der Waals surface area contributed by atoms with E-state index in [1.807, 2.05) is 0 Å². The fourth-order valence-electron chi connectivity index (χ4n) is 1.70. The molecule has 0 aromatic heterocycles. The summed E-state index contributed by atoms with van der Waals surface area (Å²) in [6, 6.07) is 12.7. The lowest BCUT2D eigenvalue weighted by atomic mass is 10.0. The van der Waals surface area contributed by atoms with E-state index in [2.05, 4.69) is 52.3 Å². The van der Waals surface area contributed by atoms with Crippen LogP contribution in [0.25, 0.3) is 10.8 Å². The van der Waals surface area contributed by atoms with Crippen LogP contribution in [-0.4, -0.2) is 6.54 Å². The monoisotopic (exact) mass is 249 g/mol. The molecule has 2 heteroatoms. The molecule has 0 unspecified atom stereocenters. The second-order valence-electron chi connectivity index (χ2n) is 3.32. The highest BCUT2D eigenvalue weighted by Gasteiger charge is 1.99. The molecular formula is C12H12BrN. The van der Waals surface area contributed by atoms with Gasteiger partial charge in [0, 0.05) is 4.47 Å². The Bertz CT molecular complexity index is 451. The first-order chi connectivity index (χ1) is 6.81. The first-order valence-electron chi connectivity index (χ1n) is 4.68. The average molecular weight is 250 g/mol. The fourth-order valence-corrected chi connectivity index (χ4v) is 2.07. The molecule has 2 rings (SSSR count). The van der Waals surface area contributed by atoms with Gasteiger partial charge in [-0.3, -0.25) is 0 Å². The predicted octanol–water partition coefficient (Wildman–Crippen LogP) is 3.10. The average Bonchev–Trinajstić information content (AvgIpc) is 2.18. The smallest absolute Gasteiger partial charge is 0.0181 e. The standard InChI is InChI=1S/C12H12BrN/c13-11-4-5-12-9(6-7-14)2-1-3-10(12)8-11/h1-5,8H,6-7,14H2. The Balaban J connectivity index is 2.62. The minimum Gasteiger partial charge on any atom is -0.330 e. The van der Waals surface area contributed by atoms with E-state index in [-0.39, 0.29) is 0 Å². The van der Waals surface area contributed by atoms with E-state index in [0.29, 0.717) is 6.54 Å². The van der Waals surface area contributed by atoms with Gasteiger partial charge in [0.25, 0.3) is 0 Å². The maximum absolute atomic E-state index is 5.57. The van der Waals surface area contributed by atoms with Gasteiger partial charge in [-0.15, -0.1) is 0 Å². The van der Waals surface area contributed by atoms with Gasteiger partial charge in [0.2, 0.25) is 0 Å². The van der Waals surface area contributed by atoms with Crippen LogP contribution in [-0.2, 0) is 6.42 Å². The lowest BCUT2D eigenvalue weighted by Crippen LogP contribution is -2.02. The van der Waals surface area contributed by atoms with E-state index in [0.717, 1.165) is 10.9 Å². The van der Waals surface area contributed by atoms with Gasteiger partial charge >= 0.3 is 0 Å². The maximum Gasteiger partial charge on any atom is 0.0181 e. The second kappa shape index (κ2) is 4.11. The fraction of sp³-hybridized carbons (Fsp3) is 0.167. The summed E-state index contributed by atoms with van der Waals surface area (Å²) in [6.45, 7) is 0.704. The summed E-state index contributed by atoms with van der Waals surface area (Å²) in [6.07, 6.45) is 0.943. The first-order valence-corrected chi connectivity index (χ1v) is 5.48. The third kappa shape index (κ3) is 1.81. The van der Waals surface area contributed by atoms with Gasteiger partial charge in [-0.1, -0.05) is 40.2 Å². The summed E-state index contributed by atoms with van der Waals surface area (Å²) >= 11 is 3.47. The van der Waals surface area contributed by atoms with Crippen molar-refractivity contribution in [3.63, 3.8) is 0 Å². The van der Waals surface area contributed by atoms with E-state index in [9.17, 15) is 0 Å². The van der Waals surface area contributed by atoms with Gasteiger partial charge in [-0.25, -0.2) is 0 Å². The Kier molecular flexibility index (Phi) is 2.85. The van der Waals surface area contributed by atoms with Crippen LogP contribution in [0, 0.1) is 0 Å². The van der Waals surface area contributed by atoms with Crippen molar-refractivity contribution < 1.29 is 0 Å². The summed E-state index contributed by atoms with van der Waals surface area (Å²) < 4.78 is 1.12. The van der Waals surface area contributed by atoms with Gasteiger partial charge in [0.05, 0.1) is 0 Å². The van der Waals surface area contributed by atoms with Crippen LogP contribution in [0.3, 0.4) is 0 Å². The third-order valence-corrected chi connectivity index (χ3v) is 2.84. The highest BCUT2D eigenvalue weighted by Crippen LogP contribution is 2.22. The molecule has 0 saturated carbocycles. The lowest BCUT2D eigenvalue weighted by Gasteiger charge is -2.05. The van der Waals surface area contributed by atoms with E-state index in [1.54, 1.807) is 0 Å². The Morgan fingerprint density at radius 3 is 2.79 bits per heavy atom. The summed E-state index contributed by atoms with van der Waals surface area (Å²) in [5.74, 6) is 0. The molecular weight excluding hydrogens is 238 g/mol. The molecule has 2 N–H and O–H groups in total. The van der Waals surface area contributed by atoms with Crippen molar-refractivity contribution in [2.75, 3.05) is 6.54 Å². The molecule has 14 heavy (non-hydrogen) atoms. The third-order valence-electron chi connectivity index (χ3n) is 2.35. The summed E-state index contributed by atoms with van der Waals surface area (Å²) in [5.41, 5.74) is 6.90. The predicted molar refractivity (Wildman–Crippen MR) is 64.4 cm³/mol. The van der Waals surface area contributed by atoms with Crippen molar-refractivity contribution in [3.8, 4) is 0 Å². The lowest BCUT2D eigenvalue weighted by molar-refractivity contribution is 0.977. The van der Waals surface area contributed by atoms with Crippen molar-refractivity contribution in [3.05, 3.63) is 46.4 Å². The van der Waals surface area contributed by atoms with Crippen LogP contribution in [0.4, 0.5) is 0 Å². The van der Waals surface area contributed by atoms with Crippen molar-refractivity contribution in [1.29, 1.82) is 0 Å². The van der Waals surface area contributed by atoms with Gasteiger partial charge in [0.15, 0.2) is 0 Å². The molecule has 2 aromatic rings. The Hall–Kier alpha value is -0.860. The molecule has 0 fully saturated rings. The Morgan fingerprint density at radius 1 is 1.14 bits per heavy atom. The molecule has 0 aliphatic rings. The molecule has 0 bridgehead atoms. The number of halogens is 1. The molecule has 0 saturated heterocycles. The number of benzene rings is 2. The zero-order chi connectivity index (χ0) is 9.97. The molecule has 0 radical (unpaired) electrons. The zero-order valence-electron chi connectivity index (χ0n) is 7.83. The van der Waals surface area contributed by atoms with Crippen molar-refractivity contribution in [2.24, 2.45) is 5.73 Å². The highest BCUT2D eigenvalue weighted by atomic mass is 79.9. The topological polar surface area (TPSA) is 26.0 Å². The summed E-state index contributed by atoms with van der Waals surface area (Å²) in [5, 5.41) is 2.58. The molecule has 0 heterocycles. The summed E-state index contributed by atoms with van der Waals surface area (Å²) in [4.78, 5) is 0. The number of hydrogen-bond acceptors (Lipinski definition) is 1. The van der Waals surface area contributed by atoms with Crippen molar-refractivity contribution in [1.82, 2.24) is 0 Å². The zero-order valence-corrected chi connectivity index (χ0v) is 9.42. The van der Waals surface area contributed by atoms with E-state index in [1.165, 1.54) is 16.3 Å². The first kappa shape index (κ1) is 9.69. The Morgan fingerprint density at radius 2 is 2.00 bits per heavy atom. The number of rotatable bonds is 2. The quantitative estimate of drug-likeness (QED) is 0.870.